The van der Waals surface area contributed by atoms with Crippen molar-refractivity contribution in [2.45, 2.75) is 26.2 Å². The standard InChI is InChI=1S/C14H20BrNO/c1-11-9-13(15)4-5-14(11)17-8-6-12-3-2-7-16-10-12/h4-5,9,12,16H,2-3,6-8,10H2,1H3/t12-/m0/s1. The molecular weight excluding hydrogens is 278 g/mol. The van der Waals surface area contributed by atoms with Crippen molar-refractivity contribution in [2.75, 3.05) is 19.7 Å². The van der Waals surface area contributed by atoms with Crippen LogP contribution in [0.3, 0.4) is 0 Å². The highest BCUT2D eigenvalue weighted by molar-refractivity contribution is 9.10. The quantitative estimate of drug-likeness (QED) is 0.918. The van der Waals surface area contributed by atoms with Gasteiger partial charge in [-0.1, -0.05) is 15.9 Å². The topological polar surface area (TPSA) is 21.3 Å². The SMILES string of the molecule is Cc1cc(Br)ccc1OCC[C@@H]1CCCNC1. The summed E-state index contributed by atoms with van der Waals surface area (Å²) in [7, 11) is 0. The molecule has 1 fully saturated rings. The van der Waals surface area contributed by atoms with Gasteiger partial charge >= 0.3 is 0 Å². The van der Waals surface area contributed by atoms with Crippen LogP contribution in [0.15, 0.2) is 22.7 Å². The van der Waals surface area contributed by atoms with Crippen molar-refractivity contribution in [2.24, 2.45) is 5.92 Å². The molecule has 1 atom stereocenters. The molecule has 94 valence electrons. The Balaban J connectivity index is 1.77. The lowest BCUT2D eigenvalue weighted by Gasteiger charge is -2.22. The predicted molar refractivity (Wildman–Crippen MR) is 74.6 cm³/mol. The van der Waals surface area contributed by atoms with Crippen LogP contribution in [0.5, 0.6) is 5.75 Å². The predicted octanol–water partition coefficient (Wildman–Crippen LogP) is 3.53. The molecule has 0 radical (unpaired) electrons. The molecule has 3 heteroatoms. The smallest absolute Gasteiger partial charge is 0.122 e. The molecular formula is C14H20BrNO. The maximum Gasteiger partial charge on any atom is 0.122 e. The van der Waals surface area contributed by atoms with Crippen LogP contribution in [0, 0.1) is 12.8 Å². The van der Waals surface area contributed by atoms with E-state index in [0.717, 1.165) is 35.7 Å². The third-order valence-electron chi connectivity index (χ3n) is 3.32. The van der Waals surface area contributed by atoms with Crippen LogP contribution < -0.4 is 10.1 Å². The summed E-state index contributed by atoms with van der Waals surface area (Å²) in [4.78, 5) is 0. The molecule has 0 amide bonds. The van der Waals surface area contributed by atoms with Crippen LogP contribution in [-0.2, 0) is 0 Å². The number of halogens is 1. The van der Waals surface area contributed by atoms with Gasteiger partial charge in [-0.25, -0.2) is 0 Å². The van der Waals surface area contributed by atoms with Crippen molar-refractivity contribution in [1.29, 1.82) is 0 Å². The molecule has 1 aliphatic heterocycles. The van der Waals surface area contributed by atoms with Crippen molar-refractivity contribution in [3.63, 3.8) is 0 Å². The number of hydrogen-bond donors (Lipinski definition) is 1. The van der Waals surface area contributed by atoms with Gasteiger partial charge in [0.2, 0.25) is 0 Å². The molecule has 1 N–H and O–H groups in total. The van der Waals surface area contributed by atoms with Gasteiger partial charge in [0, 0.05) is 4.47 Å². The zero-order valence-electron chi connectivity index (χ0n) is 10.3. The molecule has 1 heterocycles. The first-order valence-electron chi connectivity index (χ1n) is 6.35. The van der Waals surface area contributed by atoms with Crippen molar-refractivity contribution < 1.29 is 4.74 Å². The number of hydrogen-bond acceptors (Lipinski definition) is 2. The van der Waals surface area contributed by atoms with E-state index < -0.39 is 0 Å². The van der Waals surface area contributed by atoms with Gasteiger partial charge in [0.25, 0.3) is 0 Å². The maximum atomic E-state index is 5.85. The van der Waals surface area contributed by atoms with Crippen LogP contribution in [0.2, 0.25) is 0 Å². The van der Waals surface area contributed by atoms with E-state index in [-0.39, 0.29) is 0 Å². The van der Waals surface area contributed by atoms with Crippen molar-refractivity contribution in [3.05, 3.63) is 28.2 Å². The Morgan fingerprint density at radius 2 is 2.35 bits per heavy atom. The van der Waals surface area contributed by atoms with E-state index in [2.05, 4.69) is 34.2 Å². The Bertz CT molecular complexity index is 361. The lowest BCUT2D eigenvalue weighted by molar-refractivity contribution is 0.253. The molecule has 1 saturated heterocycles. The molecule has 0 unspecified atom stereocenters. The van der Waals surface area contributed by atoms with Gasteiger partial charge in [-0.2, -0.15) is 0 Å². The molecule has 17 heavy (non-hydrogen) atoms. The van der Waals surface area contributed by atoms with Crippen LogP contribution in [0.1, 0.15) is 24.8 Å². The first-order chi connectivity index (χ1) is 8.25. The van der Waals surface area contributed by atoms with Gasteiger partial charge in [0.05, 0.1) is 6.61 Å². The van der Waals surface area contributed by atoms with E-state index in [0.29, 0.717) is 0 Å². The van der Waals surface area contributed by atoms with Crippen LogP contribution in [0.4, 0.5) is 0 Å². The molecule has 2 nitrogen and oxygen atoms in total. The molecule has 1 aromatic rings. The summed E-state index contributed by atoms with van der Waals surface area (Å²) in [5.74, 6) is 1.80. The van der Waals surface area contributed by atoms with Gasteiger partial charge in [-0.15, -0.1) is 0 Å². The summed E-state index contributed by atoms with van der Waals surface area (Å²) in [6.45, 7) is 5.25. The molecule has 0 saturated carbocycles. The number of rotatable bonds is 4. The van der Waals surface area contributed by atoms with Crippen molar-refractivity contribution in [1.82, 2.24) is 5.32 Å². The van der Waals surface area contributed by atoms with Gasteiger partial charge in [-0.3, -0.25) is 0 Å². The lowest BCUT2D eigenvalue weighted by atomic mass is 9.97. The minimum atomic E-state index is 0.791. The average Bonchev–Trinajstić information content (AvgIpc) is 2.33. The van der Waals surface area contributed by atoms with E-state index >= 15 is 0 Å². The first kappa shape index (κ1) is 12.9. The van der Waals surface area contributed by atoms with Crippen LogP contribution >= 0.6 is 15.9 Å². The van der Waals surface area contributed by atoms with E-state index in [1.165, 1.54) is 24.9 Å². The van der Waals surface area contributed by atoms with Crippen LogP contribution in [-0.4, -0.2) is 19.7 Å². The number of benzene rings is 1. The lowest BCUT2D eigenvalue weighted by Crippen LogP contribution is -2.30. The van der Waals surface area contributed by atoms with Crippen molar-refractivity contribution >= 4 is 15.9 Å². The van der Waals surface area contributed by atoms with Gasteiger partial charge in [-0.05, 0) is 69.0 Å². The third kappa shape index (κ3) is 4.00. The number of aryl methyl sites for hydroxylation is 1. The van der Waals surface area contributed by atoms with Gasteiger partial charge in [0.1, 0.15) is 5.75 Å². The second-order valence-corrected chi connectivity index (χ2v) is 5.68. The summed E-state index contributed by atoms with van der Waals surface area (Å²) < 4.78 is 6.96. The zero-order valence-corrected chi connectivity index (χ0v) is 11.9. The largest absolute Gasteiger partial charge is 0.493 e. The molecule has 1 aromatic carbocycles. The average molecular weight is 298 g/mol. The highest BCUT2D eigenvalue weighted by atomic mass is 79.9. The minimum absolute atomic E-state index is 0.791. The number of ether oxygens (including phenoxy) is 1. The summed E-state index contributed by atoms with van der Waals surface area (Å²) in [5, 5.41) is 3.44. The summed E-state index contributed by atoms with van der Waals surface area (Å²) in [6, 6.07) is 6.17. The van der Waals surface area contributed by atoms with Gasteiger partial charge < -0.3 is 10.1 Å². The minimum Gasteiger partial charge on any atom is -0.493 e. The summed E-state index contributed by atoms with van der Waals surface area (Å²) in [5.41, 5.74) is 1.20. The number of piperidine rings is 1. The Labute approximate surface area is 112 Å². The fourth-order valence-electron chi connectivity index (χ4n) is 2.28. The molecule has 0 bridgehead atoms. The van der Waals surface area contributed by atoms with E-state index in [1.807, 2.05) is 12.1 Å². The van der Waals surface area contributed by atoms with Gasteiger partial charge in [0.15, 0.2) is 0 Å². The Hall–Kier alpha value is -0.540. The highest BCUT2D eigenvalue weighted by Crippen LogP contribution is 2.23. The fraction of sp³-hybridized carbons (Fsp3) is 0.571. The Morgan fingerprint density at radius 1 is 1.47 bits per heavy atom. The molecule has 0 aromatic heterocycles. The third-order valence-corrected chi connectivity index (χ3v) is 3.81. The Kier molecular flexibility index (Phi) is 4.86. The monoisotopic (exact) mass is 297 g/mol. The van der Waals surface area contributed by atoms with Crippen molar-refractivity contribution in [3.8, 4) is 5.75 Å². The highest BCUT2D eigenvalue weighted by Gasteiger charge is 2.12. The Morgan fingerprint density at radius 3 is 3.06 bits per heavy atom. The maximum absolute atomic E-state index is 5.85. The zero-order chi connectivity index (χ0) is 12.1. The summed E-state index contributed by atoms with van der Waals surface area (Å²) in [6.07, 6.45) is 3.81. The molecule has 2 rings (SSSR count). The second kappa shape index (κ2) is 6.41. The number of nitrogens with one attached hydrogen (secondary N) is 1. The fourth-order valence-corrected chi connectivity index (χ4v) is 2.76. The van der Waals surface area contributed by atoms with E-state index in [1.54, 1.807) is 0 Å². The molecule has 0 aliphatic carbocycles. The van der Waals surface area contributed by atoms with E-state index in [4.69, 9.17) is 4.74 Å². The van der Waals surface area contributed by atoms with E-state index in [9.17, 15) is 0 Å². The normalized spacial score (nSPS) is 20.2. The first-order valence-corrected chi connectivity index (χ1v) is 7.14. The summed E-state index contributed by atoms with van der Waals surface area (Å²) >= 11 is 3.46. The van der Waals surface area contributed by atoms with Crippen LogP contribution in [0.25, 0.3) is 0 Å². The molecule has 0 spiro atoms. The molecule has 1 aliphatic rings. The second-order valence-electron chi connectivity index (χ2n) is 4.76.